The van der Waals surface area contributed by atoms with E-state index in [-0.39, 0.29) is 6.03 Å². The van der Waals surface area contributed by atoms with Gasteiger partial charge in [0.15, 0.2) is 0 Å². The number of aromatic nitrogens is 1. The van der Waals surface area contributed by atoms with E-state index < -0.39 is 0 Å². The van der Waals surface area contributed by atoms with Crippen molar-refractivity contribution in [2.45, 2.75) is 58.9 Å². The van der Waals surface area contributed by atoms with Gasteiger partial charge in [0, 0.05) is 11.9 Å². The Bertz CT molecular complexity index is 809. The summed E-state index contributed by atoms with van der Waals surface area (Å²) in [5.41, 5.74) is 9.86. The monoisotopic (exact) mass is 335 g/mol. The van der Waals surface area contributed by atoms with Crippen LogP contribution in [-0.2, 0) is 32.2 Å². The minimum atomic E-state index is -0.129. The van der Waals surface area contributed by atoms with Gasteiger partial charge in [-0.3, -0.25) is 4.98 Å². The minimum Gasteiger partial charge on any atom is -0.332 e. The molecule has 25 heavy (non-hydrogen) atoms. The van der Waals surface area contributed by atoms with Gasteiger partial charge in [-0.25, -0.2) is 4.79 Å². The summed E-state index contributed by atoms with van der Waals surface area (Å²) in [6.07, 6.45) is 8.69. The Kier molecular flexibility index (Phi) is 4.20. The van der Waals surface area contributed by atoms with Crippen molar-refractivity contribution in [2.75, 3.05) is 5.32 Å². The number of rotatable bonds is 3. The summed E-state index contributed by atoms with van der Waals surface area (Å²) in [4.78, 5) is 16.9. The smallest absolute Gasteiger partial charge is 0.319 e. The predicted molar refractivity (Wildman–Crippen MR) is 100 cm³/mol. The van der Waals surface area contributed by atoms with Gasteiger partial charge in [0.1, 0.15) is 0 Å². The van der Waals surface area contributed by atoms with Crippen LogP contribution in [0.25, 0.3) is 0 Å². The lowest BCUT2D eigenvalue weighted by atomic mass is 9.99. The first kappa shape index (κ1) is 16.1. The van der Waals surface area contributed by atoms with Crippen LogP contribution in [0.15, 0.2) is 18.3 Å². The standard InChI is InChI=1S/C21H25N3O/c1-13-9-14(2)19(22-11-13)12-23-21(25)24-20-17-7-3-5-15(17)10-16-6-4-8-18(16)20/h9-11H,3-8,12H2,1-2H3,(H2,23,24,25). The van der Waals surface area contributed by atoms with Crippen LogP contribution < -0.4 is 10.6 Å². The summed E-state index contributed by atoms with van der Waals surface area (Å²) < 4.78 is 0. The molecule has 0 saturated heterocycles. The van der Waals surface area contributed by atoms with E-state index >= 15 is 0 Å². The Hall–Kier alpha value is -2.36. The van der Waals surface area contributed by atoms with Gasteiger partial charge in [-0.2, -0.15) is 0 Å². The molecule has 2 amide bonds. The van der Waals surface area contributed by atoms with Crippen molar-refractivity contribution in [2.24, 2.45) is 0 Å². The van der Waals surface area contributed by atoms with E-state index in [0.29, 0.717) is 6.54 Å². The maximum absolute atomic E-state index is 12.5. The maximum atomic E-state index is 12.5. The number of benzene rings is 1. The zero-order valence-corrected chi connectivity index (χ0v) is 15.0. The largest absolute Gasteiger partial charge is 0.332 e. The van der Waals surface area contributed by atoms with E-state index in [1.165, 1.54) is 35.1 Å². The van der Waals surface area contributed by atoms with Gasteiger partial charge in [0.2, 0.25) is 0 Å². The topological polar surface area (TPSA) is 54.0 Å². The van der Waals surface area contributed by atoms with Gasteiger partial charge in [-0.1, -0.05) is 12.1 Å². The van der Waals surface area contributed by atoms with E-state index in [4.69, 9.17) is 0 Å². The van der Waals surface area contributed by atoms with Crippen LogP contribution in [0.3, 0.4) is 0 Å². The number of nitrogens with one attached hydrogen (secondary N) is 2. The number of hydrogen-bond acceptors (Lipinski definition) is 2. The van der Waals surface area contributed by atoms with Crippen molar-refractivity contribution in [1.82, 2.24) is 10.3 Å². The van der Waals surface area contributed by atoms with Crippen LogP contribution in [0.1, 0.15) is 51.9 Å². The molecule has 0 bridgehead atoms. The number of fused-ring (bicyclic) bond motifs is 2. The van der Waals surface area contributed by atoms with Gasteiger partial charge in [0.05, 0.1) is 12.2 Å². The van der Waals surface area contributed by atoms with Crippen molar-refractivity contribution < 1.29 is 4.79 Å². The lowest BCUT2D eigenvalue weighted by Gasteiger charge is -2.16. The molecule has 2 N–H and O–H groups in total. The Morgan fingerprint density at radius 2 is 1.72 bits per heavy atom. The van der Waals surface area contributed by atoms with E-state index in [1.807, 2.05) is 20.0 Å². The Morgan fingerprint density at radius 1 is 1.04 bits per heavy atom. The second-order valence-corrected chi connectivity index (χ2v) is 7.32. The molecule has 2 aliphatic carbocycles. The molecule has 0 unspecified atom stereocenters. The second-order valence-electron chi connectivity index (χ2n) is 7.32. The molecule has 4 nitrogen and oxygen atoms in total. The summed E-state index contributed by atoms with van der Waals surface area (Å²) in [5.74, 6) is 0. The number of carbonyl (C=O) groups excluding carboxylic acids is 1. The molecule has 0 spiro atoms. The highest BCUT2D eigenvalue weighted by Crippen LogP contribution is 2.38. The lowest BCUT2D eigenvalue weighted by molar-refractivity contribution is 0.251. The number of pyridine rings is 1. The predicted octanol–water partition coefficient (Wildman–Crippen LogP) is 4.00. The number of aryl methyl sites for hydroxylation is 4. The molecule has 0 saturated carbocycles. The van der Waals surface area contributed by atoms with E-state index in [0.717, 1.165) is 48.2 Å². The van der Waals surface area contributed by atoms with Gasteiger partial charge < -0.3 is 10.6 Å². The number of amides is 2. The highest BCUT2D eigenvalue weighted by atomic mass is 16.2. The van der Waals surface area contributed by atoms with Crippen LogP contribution >= 0.6 is 0 Å². The van der Waals surface area contributed by atoms with Gasteiger partial charge in [0.25, 0.3) is 0 Å². The molecule has 2 aromatic rings. The summed E-state index contributed by atoms with van der Waals surface area (Å²) in [6, 6.07) is 4.35. The first-order valence-corrected chi connectivity index (χ1v) is 9.25. The van der Waals surface area contributed by atoms with Gasteiger partial charge >= 0.3 is 6.03 Å². The van der Waals surface area contributed by atoms with E-state index in [2.05, 4.69) is 27.8 Å². The zero-order valence-electron chi connectivity index (χ0n) is 15.0. The molecular weight excluding hydrogens is 310 g/mol. The Morgan fingerprint density at radius 3 is 2.36 bits per heavy atom. The fourth-order valence-electron chi connectivity index (χ4n) is 4.22. The summed E-state index contributed by atoms with van der Waals surface area (Å²) in [6.45, 7) is 4.52. The first-order chi connectivity index (χ1) is 12.1. The molecule has 4 rings (SSSR count). The van der Waals surface area contributed by atoms with E-state index in [9.17, 15) is 4.79 Å². The number of carbonyl (C=O) groups is 1. The fourth-order valence-corrected chi connectivity index (χ4v) is 4.22. The summed E-state index contributed by atoms with van der Waals surface area (Å²) >= 11 is 0. The third-order valence-electron chi connectivity index (χ3n) is 5.45. The maximum Gasteiger partial charge on any atom is 0.319 e. The van der Waals surface area contributed by atoms with Crippen molar-refractivity contribution in [1.29, 1.82) is 0 Å². The quantitative estimate of drug-likeness (QED) is 0.891. The molecule has 0 atom stereocenters. The Balaban J connectivity index is 1.50. The first-order valence-electron chi connectivity index (χ1n) is 9.25. The molecule has 130 valence electrons. The summed E-state index contributed by atoms with van der Waals surface area (Å²) in [5, 5.41) is 6.14. The molecule has 0 fully saturated rings. The average molecular weight is 335 g/mol. The molecule has 0 radical (unpaired) electrons. The summed E-state index contributed by atoms with van der Waals surface area (Å²) in [7, 11) is 0. The zero-order chi connectivity index (χ0) is 17.4. The molecule has 1 aromatic heterocycles. The van der Waals surface area contributed by atoms with Gasteiger partial charge in [-0.15, -0.1) is 0 Å². The van der Waals surface area contributed by atoms with E-state index in [1.54, 1.807) is 0 Å². The van der Waals surface area contributed by atoms with Crippen LogP contribution in [0, 0.1) is 13.8 Å². The highest BCUT2D eigenvalue weighted by Gasteiger charge is 2.24. The normalized spacial score (nSPS) is 15.0. The van der Waals surface area contributed by atoms with Crippen molar-refractivity contribution in [3.8, 4) is 0 Å². The second kappa shape index (κ2) is 6.51. The number of hydrogen-bond donors (Lipinski definition) is 2. The van der Waals surface area contributed by atoms with Crippen LogP contribution in [0.4, 0.5) is 10.5 Å². The van der Waals surface area contributed by atoms with Crippen LogP contribution in [-0.4, -0.2) is 11.0 Å². The molecule has 4 heteroatoms. The number of anilines is 1. The minimum absolute atomic E-state index is 0.129. The fraction of sp³-hybridized carbons (Fsp3) is 0.429. The van der Waals surface area contributed by atoms with Gasteiger partial charge in [-0.05, 0) is 85.8 Å². The van der Waals surface area contributed by atoms with Crippen molar-refractivity contribution >= 4 is 11.7 Å². The lowest BCUT2D eigenvalue weighted by Crippen LogP contribution is -2.29. The van der Waals surface area contributed by atoms with Crippen molar-refractivity contribution in [3.05, 3.63) is 57.4 Å². The number of nitrogens with zero attached hydrogens (tertiary/aromatic N) is 1. The molecular formula is C21H25N3O. The molecule has 1 aromatic carbocycles. The number of urea groups is 1. The molecule has 2 aliphatic rings. The third kappa shape index (κ3) is 3.13. The SMILES string of the molecule is Cc1cnc(CNC(=O)Nc2c3c(cc4c2CCC4)CCC3)c(C)c1. The molecule has 0 aliphatic heterocycles. The Labute approximate surface area is 149 Å². The average Bonchev–Trinajstić information content (AvgIpc) is 3.22. The van der Waals surface area contributed by atoms with Crippen LogP contribution in [0.2, 0.25) is 0 Å². The van der Waals surface area contributed by atoms with Crippen LogP contribution in [0.5, 0.6) is 0 Å². The highest BCUT2D eigenvalue weighted by molar-refractivity contribution is 5.92. The van der Waals surface area contributed by atoms with Crippen molar-refractivity contribution in [3.63, 3.8) is 0 Å². The molecule has 1 heterocycles. The third-order valence-corrected chi connectivity index (χ3v) is 5.45.